The van der Waals surface area contributed by atoms with Gasteiger partial charge < -0.3 is 9.47 Å². The Balaban J connectivity index is 1.09. The second kappa shape index (κ2) is 12.2. The predicted molar refractivity (Wildman–Crippen MR) is 212 cm³/mol. The minimum atomic E-state index is 0.271. The molecule has 3 aromatic carbocycles. The van der Waals surface area contributed by atoms with Crippen LogP contribution in [0.2, 0.25) is 0 Å². The molecule has 0 fully saturated rings. The first-order chi connectivity index (χ1) is 24.8. The second-order valence-electron chi connectivity index (χ2n) is 14.5. The van der Waals surface area contributed by atoms with Gasteiger partial charge in [0.2, 0.25) is 0 Å². The van der Waals surface area contributed by atoms with Crippen molar-refractivity contribution < 1.29 is 0 Å². The van der Waals surface area contributed by atoms with Gasteiger partial charge in [-0.2, -0.15) is 0 Å². The number of anilines is 2. The Hall–Kier alpha value is -5.34. The summed E-state index contributed by atoms with van der Waals surface area (Å²) in [4.78, 5) is 2.56. The Labute approximate surface area is 295 Å². The lowest BCUT2D eigenvalue weighted by Crippen LogP contribution is -2.28. The van der Waals surface area contributed by atoms with E-state index in [4.69, 9.17) is 0 Å². The highest BCUT2D eigenvalue weighted by molar-refractivity contribution is 6.03. The summed E-state index contributed by atoms with van der Waals surface area (Å²) in [5.41, 5.74) is 16.6. The molecule has 3 unspecified atom stereocenters. The largest absolute Gasteiger partial charge is 0.333 e. The van der Waals surface area contributed by atoms with E-state index < -0.39 is 0 Å². The quantitative estimate of drug-likeness (QED) is 0.209. The van der Waals surface area contributed by atoms with Crippen LogP contribution in [0.3, 0.4) is 0 Å². The van der Waals surface area contributed by atoms with Gasteiger partial charge in [0, 0.05) is 51.1 Å². The lowest BCUT2D eigenvalue weighted by Gasteiger charge is -2.29. The van der Waals surface area contributed by atoms with E-state index in [-0.39, 0.29) is 6.04 Å². The van der Waals surface area contributed by atoms with E-state index in [1.54, 1.807) is 0 Å². The van der Waals surface area contributed by atoms with Crippen molar-refractivity contribution in [2.45, 2.75) is 62.8 Å². The summed E-state index contributed by atoms with van der Waals surface area (Å²) < 4.78 is 2.67. The van der Waals surface area contributed by atoms with Gasteiger partial charge in [0.15, 0.2) is 0 Å². The van der Waals surface area contributed by atoms with E-state index >= 15 is 0 Å². The molecule has 1 aliphatic heterocycles. The van der Waals surface area contributed by atoms with Crippen molar-refractivity contribution >= 4 is 34.1 Å². The monoisotopic (exact) mass is 646 g/mol. The maximum atomic E-state index is 2.67. The molecule has 244 valence electrons. The predicted octanol–water partition coefficient (Wildman–Crippen LogP) is 12.4. The first-order valence-electron chi connectivity index (χ1n) is 18.6. The standard InChI is InChI=1S/C48H42N2/c1-3-13-33(14-4-1)35-25-28-38(29-26-35)49-45-23-9-8-20-42(45)44-32-37(27-30-47(44)49)40-21-12-22-43-41-19-7-10-24-46(41)50(48(40)43)39-18-11-17-36(31-39)34-15-5-2-6-16-34/h1-5,7-9,12-13,15,17,19-23,25-33,42,45H,6,10-11,14,16,18,24H2. The van der Waals surface area contributed by atoms with Crippen LogP contribution in [-0.4, -0.2) is 10.6 Å². The van der Waals surface area contributed by atoms with Crippen LogP contribution in [0.5, 0.6) is 0 Å². The number of nitrogens with zero attached hydrogens (tertiary/aromatic N) is 2. The number of benzene rings is 3. The molecule has 0 bridgehead atoms. The molecule has 2 heteroatoms. The smallest absolute Gasteiger partial charge is 0.0629 e. The molecule has 4 aromatic rings. The van der Waals surface area contributed by atoms with Crippen LogP contribution in [0.4, 0.5) is 11.4 Å². The third-order valence-electron chi connectivity index (χ3n) is 11.7. The third-order valence-corrected chi connectivity index (χ3v) is 11.7. The maximum absolute atomic E-state index is 2.67. The molecule has 50 heavy (non-hydrogen) atoms. The summed E-state index contributed by atoms with van der Waals surface area (Å²) in [5.74, 6) is 0.777. The van der Waals surface area contributed by atoms with Gasteiger partial charge in [0.05, 0.1) is 11.6 Å². The summed E-state index contributed by atoms with van der Waals surface area (Å²) >= 11 is 0. The zero-order chi connectivity index (χ0) is 33.0. The van der Waals surface area contributed by atoms with Crippen molar-refractivity contribution in [3.8, 4) is 11.1 Å². The summed E-state index contributed by atoms with van der Waals surface area (Å²) in [6.07, 6.45) is 42.4. The van der Waals surface area contributed by atoms with Gasteiger partial charge in [-0.25, -0.2) is 0 Å². The molecule has 3 atom stereocenters. The SMILES string of the molecule is C1=CCCC(C2=CCCC(n3c4c(c5cccc(-c6ccc7c(c6)C6C=CC=CC6N7c6ccc(C7C=CC=CC7)cc6)c53)C=CCC4)=C2)=C1. The Kier molecular flexibility index (Phi) is 7.22. The fourth-order valence-corrected chi connectivity index (χ4v) is 9.27. The molecule has 0 saturated carbocycles. The molecular weight excluding hydrogens is 605 g/mol. The van der Waals surface area contributed by atoms with Crippen molar-refractivity contribution in [1.82, 2.24) is 4.57 Å². The van der Waals surface area contributed by atoms with E-state index in [0.717, 1.165) is 44.9 Å². The Morgan fingerprint density at radius 1 is 0.720 bits per heavy atom. The van der Waals surface area contributed by atoms with Crippen molar-refractivity contribution in [2.75, 3.05) is 4.90 Å². The van der Waals surface area contributed by atoms with Crippen LogP contribution >= 0.6 is 0 Å². The number of hydrogen-bond acceptors (Lipinski definition) is 1. The molecule has 0 N–H and O–H groups in total. The molecular formula is C48H42N2. The zero-order valence-electron chi connectivity index (χ0n) is 28.5. The van der Waals surface area contributed by atoms with Crippen LogP contribution < -0.4 is 4.90 Å². The highest BCUT2D eigenvalue weighted by Gasteiger charge is 2.38. The van der Waals surface area contributed by atoms with Crippen LogP contribution in [0.15, 0.2) is 157 Å². The fourth-order valence-electron chi connectivity index (χ4n) is 9.27. The van der Waals surface area contributed by atoms with Crippen LogP contribution in [-0.2, 0) is 6.42 Å². The van der Waals surface area contributed by atoms with Crippen molar-refractivity contribution in [1.29, 1.82) is 0 Å². The molecule has 0 amide bonds. The van der Waals surface area contributed by atoms with Crippen LogP contribution in [0.1, 0.15) is 72.7 Å². The van der Waals surface area contributed by atoms with Gasteiger partial charge in [-0.3, -0.25) is 0 Å². The molecule has 0 radical (unpaired) electrons. The number of rotatable bonds is 5. The number of aromatic nitrogens is 1. The molecule has 0 saturated heterocycles. The molecule has 2 heterocycles. The van der Waals surface area contributed by atoms with E-state index in [9.17, 15) is 0 Å². The van der Waals surface area contributed by atoms with Crippen molar-refractivity contribution in [3.05, 3.63) is 179 Å². The van der Waals surface area contributed by atoms with Crippen LogP contribution in [0.25, 0.3) is 33.8 Å². The summed E-state index contributed by atoms with van der Waals surface area (Å²) in [6.45, 7) is 0. The molecule has 1 aromatic heterocycles. The van der Waals surface area contributed by atoms with Gasteiger partial charge in [-0.05, 0) is 103 Å². The number of hydrogen-bond donors (Lipinski definition) is 0. The minimum absolute atomic E-state index is 0.271. The Morgan fingerprint density at radius 2 is 1.62 bits per heavy atom. The van der Waals surface area contributed by atoms with Gasteiger partial charge in [-0.1, -0.05) is 121 Å². The Bertz CT molecular complexity index is 2310. The Morgan fingerprint density at radius 3 is 2.50 bits per heavy atom. The highest BCUT2D eigenvalue weighted by Crippen LogP contribution is 2.50. The van der Waals surface area contributed by atoms with Gasteiger partial charge >= 0.3 is 0 Å². The number of para-hydroxylation sites is 1. The number of allylic oxidation sites excluding steroid dienone is 15. The average Bonchev–Trinajstić information content (AvgIpc) is 3.71. The average molecular weight is 647 g/mol. The van der Waals surface area contributed by atoms with Crippen LogP contribution in [0, 0.1) is 0 Å². The third kappa shape index (κ3) is 4.84. The van der Waals surface area contributed by atoms with E-state index in [0.29, 0.717) is 11.8 Å². The van der Waals surface area contributed by atoms with Gasteiger partial charge in [0.1, 0.15) is 0 Å². The lowest BCUT2D eigenvalue weighted by molar-refractivity contribution is 0.744. The minimum Gasteiger partial charge on any atom is -0.333 e. The molecule has 6 aliphatic rings. The first-order valence-corrected chi connectivity index (χ1v) is 18.6. The van der Waals surface area contributed by atoms with Gasteiger partial charge in [-0.15, -0.1) is 0 Å². The molecule has 5 aliphatic carbocycles. The van der Waals surface area contributed by atoms with Gasteiger partial charge in [0.25, 0.3) is 0 Å². The fraction of sp³-hybridized carbons (Fsp3) is 0.208. The van der Waals surface area contributed by atoms with E-state index in [1.165, 1.54) is 72.6 Å². The number of fused-ring (bicyclic) bond motifs is 6. The first kappa shape index (κ1) is 29.6. The summed E-state index contributed by atoms with van der Waals surface area (Å²) in [6, 6.07) is 23.9. The highest BCUT2D eigenvalue weighted by atomic mass is 15.2. The maximum Gasteiger partial charge on any atom is 0.0629 e. The summed E-state index contributed by atoms with van der Waals surface area (Å²) in [5, 5.41) is 1.37. The molecule has 10 rings (SSSR count). The topological polar surface area (TPSA) is 8.17 Å². The van der Waals surface area contributed by atoms with Crippen molar-refractivity contribution in [3.63, 3.8) is 0 Å². The zero-order valence-corrected chi connectivity index (χ0v) is 28.5. The van der Waals surface area contributed by atoms with E-state index in [2.05, 4.69) is 161 Å². The van der Waals surface area contributed by atoms with Crippen molar-refractivity contribution in [2.24, 2.45) is 0 Å². The lowest BCUT2D eigenvalue weighted by atomic mass is 9.89. The second-order valence-corrected chi connectivity index (χ2v) is 14.5. The summed E-state index contributed by atoms with van der Waals surface area (Å²) in [7, 11) is 0. The molecule has 0 spiro atoms. The van der Waals surface area contributed by atoms with E-state index in [1.807, 2.05) is 0 Å². The normalized spacial score (nSPS) is 23.1. The molecule has 2 nitrogen and oxygen atoms in total.